The van der Waals surface area contributed by atoms with E-state index in [2.05, 4.69) is 20.6 Å². The van der Waals surface area contributed by atoms with Gasteiger partial charge in [0.2, 0.25) is 5.88 Å². The summed E-state index contributed by atoms with van der Waals surface area (Å²) in [6.45, 7) is 5.91. The van der Waals surface area contributed by atoms with Crippen molar-refractivity contribution in [1.82, 2.24) is 25.3 Å². The van der Waals surface area contributed by atoms with Crippen LogP contribution in [0.3, 0.4) is 0 Å². The highest BCUT2D eigenvalue weighted by molar-refractivity contribution is 5.95. The van der Waals surface area contributed by atoms with E-state index in [9.17, 15) is 4.79 Å². The van der Waals surface area contributed by atoms with Gasteiger partial charge in [-0.05, 0) is 44.5 Å². The van der Waals surface area contributed by atoms with E-state index in [1.54, 1.807) is 23.0 Å². The molecule has 28 heavy (non-hydrogen) atoms. The second kappa shape index (κ2) is 8.65. The van der Waals surface area contributed by atoms with E-state index in [1.165, 1.54) is 0 Å². The standard InChI is InChI=1S/C21H25N5O2/c1-5-17(19-11-12-22-26(19)4)23-21(27)16-8-6-7-15(13-16)18-9-10-20(25-24-18)28-14(2)3/h6-14,17H,5H2,1-4H3,(H,23,27)/t17-/m1/s1. The lowest BCUT2D eigenvalue weighted by molar-refractivity contribution is 0.0934. The molecule has 0 fully saturated rings. The first-order valence-corrected chi connectivity index (χ1v) is 9.37. The van der Waals surface area contributed by atoms with Crippen LogP contribution in [0.25, 0.3) is 11.3 Å². The van der Waals surface area contributed by atoms with Crippen LogP contribution in [0.4, 0.5) is 0 Å². The monoisotopic (exact) mass is 379 g/mol. The Morgan fingerprint density at radius 3 is 2.61 bits per heavy atom. The Labute approximate surface area is 164 Å². The van der Waals surface area contributed by atoms with E-state index < -0.39 is 0 Å². The molecule has 2 aromatic heterocycles. The number of aryl methyl sites for hydroxylation is 1. The van der Waals surface area contributed by atoms with Crippen molar-refractivity contribution in [2.45, 2.75) is 39.3 Å². The summed E-state index contributed by atoms with van der Waals surface area (Å²) in [6.07, 6.45) is 2.54. The molecule has 1 amide bonds. The van der Waals surface area contributed by atoms with Gasteiger partial charge in [-0.3, -0.25) is 9.48 Å². The topological polar surface area (TPSA) is 81.9 Å². The van der Waals surface area contributed by atoms with E-state index in [0.29, 0.717) is 17.1 Å². The molecule has 0 aliphatic heterocycles. The molecule has 0 radical (unpaired) electrons. The van der Waals surface area contributed by atoms with Gasteiger partial charge in [-0.1, -0.05) is 19.1 Å². The van der Waals surface area contributed by atoms with Crippen LogP contribution in [0.2, 0.25) is 0 Å². The van der Waals surface area contributed by atoms with E-state index >= 15 is 0 Å². The van der Waals surface area contributed by atoms with Crippen LogP contribution in [0, 0.1) is 0 Å². The lowest BCUT2D eigenvalue weighted by atomic mass is 10.1. The van der Waals surface area contributed by atoms with Gasteiger partial charge in [0.05, 0.1) is 23.5 Å². The molecule has 0 aliphatic carbocycles. The normalized spacial score (nSPS) is 12.0. The van der Waals surface area contributed by atoms with Crippen LogP contribution in [-0.2, 0) is 7.05 Å². The van der Waals surface area contributed by atoms with Crippen LogP contribution < -0.4 is 10.1 Å². The Kier molecular flexibility index (Phi) is 6.03. The summed E-state index contributed by atoms with van der Waals surface area (Å²) in [6, 6.07) is 12.8. The summed E-state index contributed by atoms with van der Waals surface area (Å²) in [5, 5.41) is 15.6. The smallest absolute Gasteiger partial charge is 0.251 e. The molecule has 3 rings (SSSR count). The van der Waals surface area contributed by atoms with E-state index in [-0.39, 0.29) is 18.1 Å². The molecular formula is C21H25N5O2. The molecular weight excluding hydrogens is 354 g/mol. The molecule has 7 nitrogen and oxygen atoms in total. The SMILES string of the molecule is CC[C@@H](NC(=O)c1cccc(-c2ccc(OC(C)C)nn2)c1)c1ccnn1C. The number of hydrogen-bond acceptors (Lipinski definition) is 5. The van der Waals surface area contributed by atoms with Gasteiger partial charge in [-0.2, -0.15) is 5.10 Å². The summed E-state index contributed by atoms with van der Waals surface area (Å²) in [5.74, 6) is 0.345. The van der Waals surface area contributed by atoms with Gasteiger partial charge in [0.15, 0.2) is 0 Å². The zero-order valence-corrected chi connectivity index (χ0v) is 16.6. The molecule has 2 heterocycles. The molecule has 3 aromatic rings. The molecule has 0 saturated carbocycles. The van der Waals surface area contributed by atoms with Crippen molar-refractivity contribution in [2.24, 2.45) is 7.05 Å². The zero-order valence-electron chi connectivity index (χ0n) is 16.6. The Morgan fingerprint density at radius 2 is 2.00 bits per heavy atom. The average molecular weight is 379 g/mol. The Morgan fingerprint density at radius 1 is 1.18 bits per heavy atom. The molecule has 0 aliphatic rings. The molecule has 0 spiro atoms. The second-order valence-electron chi connectivity index (χ2n) is 6.82. The number of aromatic nitrogens is 4. The van der Waals surface area contributed by atoms with Crippen molar-refractivity contribution >= 4 is 5.91 Å². The van der Waals surface area contributed by atoms with E-state index in [1.807, 2.05) is 58.2 Å². The molecule has 1 N–H and O–H groups in total. The third-order valence-electron chi connectivity index (χ3n) is 4.35. The van der Waals surface area contributed by atoms with E-state index in [0.717, 1.165) is 17.7 Å². The maximum Gasteiger partial charge on any atom is 0.251 e. The summed E-state index contributed by atoms with van der Waals surface area (Å²) in [5.41, 5.74) is 3.05. The Hall–Kier alpha value is -3.22. The van der Waals surface area contributed by atoms with Crippen molar-refractivity contribution < 1.29 is 9.53 Å². The predicted molar refractivity (Wildman–Crippen MR) is 107 cm³/mol. The van der Waals surface area contributed by atoms with Crippen LogP contribution >= 0.6 is 0 Å². The number of hydrogen-bond donors (Lipinski definition) is 1. The molecule has 0 unspecified atom stereocenters. The maximum atomic E-state index is 12.8. The van der Waals surface area contributed by atoms with Crippen LogP contribution in [0.15, 0.2) is 48.7 Å². The van der Waals surface area contributed by atoms with Crippen molar-refractivity contribution in [3.63, 3.8) is 0 Å². The summed E-state index contributed by atoms with van der Waals surface area (Å²) < 4.78 is 7.30. The van der Waals surface area contributed by atoms with Crippen molar-refractivity contribution in [3.8, 4) is 17.1 Å². The number of carbonyl (C=O) groups is 1. The van der Waals surface area contributed by atoms with Gasteiger partial charge >= 0.3 is 0 Å². The number of benzene rings is 1. The number of nitrogens with one attached hydrogen (secondary N) is 1. The molecule has 0 saturated heterocycles. The molecule has 0 bridgehead atoms. The number of amides is 1. The first-order valence-electron chi connectivity index (χ1n) is 9.37. The first kappa shape index (κ1) is 19.5. The van der Waals surface area contributed by atoms with Gasteiger partial charge in [-0.25, -0.2) is 0 Å². The quantitative estimate of drug-likeness (QED) is 0.679. The average Bonchev–Trinajstić information content (AvgIpc) is 3.12. The first-order chi connectivity index (χ1) is 13.5. The van der Waals surface area contributed by atoms with Crippen molar-refractivity contribution in [3.05, 3.63) is 59.9 Å². The minimum absolute atomic E-state index is 0.0399. The van der Waals surface area contributed by atoms with Gasteiger partial charge in [-0.15, -0.1) is 10.2 Å². The Balaban J connectivity index is 1.77. The van der Waals surface area contributed by atoms with Gasteiger partial charge < -0.3 is 10.1 Å². The number of carbonyl (C=O) groups excluding carboxylic acids is 1. The lowest BCUT2D eigenvalue weighted by Crippen LogP contribution is -2.29. The molecule has 1 atom stereocenters. The van der Waals surface area contributed by atoms with Crippen molar-refractivity contribution in [2.75, 3.05) is 0 Å². The summed E-state index contributed by atoms with van der Waals surface area (Å²) in [7, 11) is 1.87. The fourth-order valence-corrected chi connectivity index (χ4v) is 2.95. The highest BCUT2D eigenvalue weighted by Crippen LogP contribution is 2.21. The maximum absolute atomic E-state index is 12.8. The highest BCUT2D eigenvalue weighted by atomic mass is 16.5. The minimum atomic E-state index is -0.136. The Bertz CT molecular complexity index is 934. The largest absolute Gasteiger partial charge is 0.474 e. The highest BCUT2D eigenvalue weighted by Gasteiger charge is 2.17. The third-order valence-corrected chi connectivity index (χ3v) is 4.35. The minimum Gasteiger partial charge on any atom is -0.474 e. The second-order valence-corrected chi connectivity index (χ2v) is 6.82. The molecule has 146 valence electrons. The number of nitrogens with zero attached hydrogens (tertiary/aromatic N) is 4. The van der Waals surface area contributed by atoms with Gasteiger partial charge in [0, 0.05) is 30.4 Å². The van der Waals surface area contributed by atoms with Crippen molar-refractivity contribution in [1.29, 1.82) is 0 Å². The van der Waals surface area contributed by atoms with Crippen LogP contribution in [-0.4, -0.2) is 32.0 Å². The zero-order chi connectivity index (χ0) is 20.1. The fraction of sp³-hybridized carbons (Fsp3) is 0.333. The lowest BCUT2D eigenvalue weighted by Gasteiger charge is -2.17. The predicted octanol–water partition coefficient (Wildman–Crippen LogP) is 3.55. The van der Waals surface area contributed by atoms with E-state index in [4.69, 9.17) is 4.74 Å². The van der Waals surface area contributed by atoms with Crippen LogP contribution in [0.1, 0.15) is 49.3 Å². The van der Waals surface area contributed by atoms with Crippen LogP contribution in [0.5, 0.6) is 5.88 Å². The molecule has 7 heteroatoms. The fourth-order valence-electron chi connectivity index (χ4n) is 2.95. The number of rotatable bonds is 7. The van der Waals surface area contributed by atoms with Gasteiger partial charge in [0.25, 0.3) is 5.91 Å². The third kappa shape index (κ3) is 4.54. The molecule has 1 aromatic carbocycles. The van der Waals surface area contributed by atoms with Gasteiger partial charge in [0.1, 0.15) is 0 Å². The summed E-state index contributed by atoms with van der Waals surface area (Å²) in [4.78, 5) is 12.8. The number of ether oxygens (including phenoxy) is 1. The summed E-state index contributed by atoms with van der Waals surface area (Å²) >= 11 is 0.